The van der Waals surface area contributed by atoms with E-state index in [1.807, 2.05) is 0 Å². The van der Waals surface area contributed by atoms with E-state index < -0.39 is 4.92 Å². The second-order valence-corrected chi connectivity index (χ2v) is 4.63. The van der Waals surface area contributed by atoms with E-state index in [0.717, 1.165) is 6.42 Å². The summed E-state index contributed by atoms with van der Waals surface area (Å²) in [6, 6.07) is 3.83. The van der Waals surface area contributed by atoms with Crippen LogP contribution in [0, 0.1) is 10.1 Å². The molecule has 1 heterocycles. The standard InChI is InChI=1S/C11H12ClN3O3/c12-10-5-8(15(17)18)1-2-9(10)11(16)14-4-3-7(13)6-14/h1-2,5,7H,3-4,6,13H2/t7-/m1/s1. The third-order valence-electron chi connectivity index (χ3n) is 2.91. The summed E-state index contributed by atoms with van der Waals surface area (Å²) in [6.45, 7) is 1.08. The number of rotatable bonds is 2. The van der Waals surface area contributed by atoms with E-state index in [-0.39, 0.29) is 28.2 Å². The molecule has 1 aromatic carbocycles. The lowest BCUT2D eigenvalue weighted by Crippen LogP contribution is -2.32. The summed E-state index contributed by atoms with van der Waals surface area (Å²) in [6.07, 6.45) is 0.760. The van der Waals surface area contributed by atoms with Gasteiger partial charge in [0.1, 0.15) is 0 Å². The first-order valence-electron chi connectivity index (χ1n) is 5.48. The van der Waals surface area contributed by atoms with Crippen molar-refractivity contribution in [1.82, 2.24) is 4.90 Å². The van der Waals surface area contributed by atoms with Crippen LogP contribution in [0.3, 0.4) is 0 Å². The Balaban J connectivity index is 2.23. The number of likely N-dealkylation sites (tertiary alicyclic amines) is 1. The monoisotopic (exact) mass is 269 g/mol. The summed E-state index contributed by atoms with van der Waals surface area (Å²) in [7, 11) is 0. The minimum atomic E-state index is -0.550. The maximum atomic E-state index is 12.1. The van der Waals surface area contributed by atoms with Crippen molar-refractivity contribution >= 4 is 23.2 Å². The van der Waals surface area contributed by atoms with E-state index in [1.165, 1.54) is 18.2 Å². The molecule has 1 aliphatic heterocycles. The van der Waals surface area contributed by atoms with Crippen molar-refractivity contribution in [1.29, 1.82) is 0 Å². The van der Waals surface area contributed by atoms with E-state index in [2.05, 4.69) is 0 Å². The van der Waals surface area contributed by atoms with E-state index >= 15 is 0 Å². The summed E-state index contributed by atoms with van der Waals surface area (Å²) in [5.41, 5.74) is 5.87. The Labute approximate surface area is 108 Å². The first-order valence-corrected chi connectivity index (χ1v) is 5.85. The molecule has 1 atom stereocenters. The van der Waals surface area contributed by atoms with Crippen molar-refractivity contribution in [3.05, 3.63) is 38.9 Å². The van der Waals surface area contributed by atoms with E-state index in [9.17, 15) is 14.9 Å². The lowest BCUT2D eigenvalue weighted by atomic mass is 10.2. The predicted molar refractivity (Wildman–Crippen MR) is 66.6 cm³/mol. The summed E-state index contributed by atoms with van der Waals surface area (Å²) < 4.78 is 0. The number of halogens is 1. The van der Waals surface area contributed by atoms with Crippen molar-refractivity contribution in [2.45, 2.75) is 12.5 Å². The molecule has 1 aliphatic rings. The van der Waals surface area contributed by atoms with E-state index in [1.54, 1.807) is 4.90 Å². The second-order valence-electron chi connectivity index (χ2n) is 4.22. The van der Waals surface area contributed by atoms with Crippen LogP contribution in [-0.4, -0.2) is 34.9 Å². The fourth-order valence-corrected chi connectivity index (χ4v) is 2.19. The molecule has 96 valence electrons. The van der Waals surface area contributed by atoms with Crippen LogP contribution in [0.2, 0.25) is 5.02 Å². The molecule has 2 rings (SSSR count). The molecule has 0 bridgehead atoms. The average Bonchev–Trinajstić information content (AvgIpc) is 2.74. The minimum absolute atomic E-state index is 0.00854. The fraction of sp³-hybridized carbons (Fsp3) is 0.364. The summed E-state index contributed by atoms with van der Waals surface area (Å²) in [5.74, 6) is -0.233. The molecule has 18 heavy (non-hydrogen) atoms. The molecular weight excluding hydrogens is 258 g/mol. The van der Waals surface area contributed by atoms with E-state index in [4.69, 9.17) is 17.3 Å². The number of nitrogens with two attached hydrogens (primary N) is 1. The Morgan fingerprint density at radius 2 is 2.28 bits per heavy atom. The maximum Gasteiger partial charge on any atom is 0.270 e. The van der Waals surface area contributed by atoms with Gasteiger partial charge >= 0.3 is 0 Å². The number of nitro benzene ring substituents is 1. The van der Waals surface area contributed by atoms with Crippen LogP contribution >= 0.6 is 11.6 Å². The Bertz CT molecular complexity index is 506. The largest absolute Gasteiger partial charge is 0.337 e. The molecule has 1 aromatic rings. The second kappa shape index (κ2) is 4.91. The van der Waals surface area contributed by atoms with Gasteiger partial charge in [-0.1, -0.05) is 11.6 Å². The third kappa shape index (κ3) is 2.44. The van der Waals surface area contributed by atoms with Gasteiger partial charge in [0.25, 0.3) is 11.6 Å². The topological polar surface area (TPSA) is 89.5 Å². The van der Waals surface area contributed by atoms with Crippen LogP contribution in [0.15, 0.2) is 18.2 Å². The summed E-state index contributed by atoms with van der Waals surface area (Å²) >= 11 is 5.90. The third-order valence-corrected chi connectivity index (χ3v) is 3.22. The number of hydrogen-bond donors (Lipinski definition) is 1. The molecular formula is C11H12ClN3O3. The Hall–Kier alpha value is -1.66. The number of hydrogen-bond acceptors (Lipinski definition) is 4. The lowest BCUT2D eigenvalue weighted by molar-refractivity contribution is -0.384. The fourth-order valence-electron chi connectivity index (χ4n) is 1.93. The Morgan fingerprint density at radius 1 is 1.56 bits per heavy atom. The van der Waals surface area contributed by atoms with Crippen molar-refractivity contribution < 1.29 is 9.72 Å². The van der Waals surface area contributed by atoms with Gasteiger partial charge in [-0.05, 0) is 12.5 Å². The van der Waals surface area contributed by atoms with Gasteiger partial charge in [-0.3, -0.25) is 14.9 Å². The van der Waals surface area contributed by atoms with Crippen molar-refractivity contribution in [3.8, 4) is 0 Å². The van der Waals surface area contributed by atoms with Crippen LogP contribution < -0.4 is 5.73 Å². The normalized spacial score (nSPS) is 19.0. The molecule has 1 saturated heterocycles. The zero-order valence-corrected chi connectivity index (χ0v) is 10.3. The zero-order chi connectivity index (χ0) is 13.3. The van der Waals surface area contributed by atoms with Gasteiger partial charge in [-0.2, -0.15) is 0 Å². The maximum absolute atomic E-state index is 12.1. The van der Waals surface area contributed by atoms with Crippen LogP contribution in [0.1, 0.15) is 16.8 Å². The molecule has 0 aromatic heterocycles. The number of benzene rings is 1. The van der Waals surface area contributed by atoms with Crippen LogP contribution in [0.5, 0.6) is 0 Å². The number of amides is 1. The number of nitrogens with zero attached hydrogens (tertiary/aromatic N) is 2. The highest BCUT2D eigenvalue weighted by Crippen LogP contribution is 2.24. The Kier molecular flexibility index (Phi) is 3.49. The highest BCUT2D eigenvalue weighted by Gasteiger charge is 2.26. The van der Waals surface area contributed by atoms with Crippen molar-refractivity contribution in [2.75, 3.05) is 13.1 Å². The van der Waals surface area contributed by atoms with Gasteiger partial charge in [0, 0.05) is 31.3 Å². The molecule has 2 N–H and O–H groups in total. The van der Waals surface area contributed by atoms with Gasteiger partial charge in [0.15, 0.2) is 0 Å². The van der Waals surface area contributed by atoms with Crippen LogP contribution in [-0.2, 0) is 0 Å². The predicted octanol–water partition coefficient (Wildman–Crippen LogP) is 1.42. The molecule has 6 nitrogen and oxygen atoms in total. The van der Waals surface area contributed by atoms with E-state index in [0.29, 0.717) is 13.1 Å². The molecule has 0 unspecified atom stereocenters. The van der Waals surface area contributed by atoms with Gasteiger partial charge < -0.3 is 10.6 Å². The first-order chi connectivity index (χ1) is 8.49. The van der Waals surface area contributed by atoms with Gasteiger partial charge in [0.05, 0.1) is 15.5 Å². The summed E-state index contributed by atoms with van der Waals surface area (Å²) in [5, 5.41) is 10.7. The van der Waals surface area contributed by atoms with Gasteiger partial charge in [-0.25, -0.2) is 0 Å². The number of nitro groups is 1. The molecule has 0 aliphatic carbocycles. The first kappa shape index (κ1) is 12.8. The Morgan fingerprint density at radius 3 is 2.78 bits per heavy atom. The molecule has 1 fully saturated rings. The minimum Gasteiger partial charge on any atom is -0.337 e. The lowest BCUT2D eigenvalue weighted by Gasteiger charge is -2.16. The highest BCUT2D eigenvalue weighted by atomic mass is 35.5. The average molecular weight is 270 g/mol. The quantitative estimate of drug-likeness (QED) is 0.649. The molecule has 0 spiro atoms. The van der Waals surface area contributed by atoms with Crippen LogP contribution in [0.4, 0.5) is 5.69 Å². The number of carbonyl (C=O) groups is 1. The summed E-state index contributed by atoms with van der Waals surface area (Å²) in [4.78, 5) is 23.7. The zero-order valence-electron chi connectivity index (χ0n) is 9.51. The van der Waals surface area contributed by atoms with Crippen molar-refractivity contribution in [2.24, 2.45) is 5.73 Å². The molecule has 1 amide bonds. The van der Waals surface area contributed by atoms with Gasteiger partial charge in [0.2, 0.25) is 0 Å². The molecule has 7 heteroatoms. The highest BCUT2D eigenvalue weighted by molar-refractivity contribution is 6.34. The molecule has 0 saturated carbocycles. The SMILES string of the molecule is N[C@@H]1CCN(C(=O)c2ccc([N+](=O)[O-])cc2Cl)C1. The van der Waals surface area contributed by atoms with Crippen LogP contribution in [0.25, 0.3) is 0 Å². The smallest absolute Gasteiger partial charge is 0.270 e. The van der Waals surface area contributed by atoms with Gasteiger partial charge in [-0.15, -0.1) is 0 Å². The molecule has 0 radical (unpaired) electrons. The van der Waals surface area contributed by atoms with Crippen molar-refractivity contribution in [3.63, 3.8) is 0 Å². The number of carbonyl (C=O) groups excluding carboxylic acids is 1. The number of non-ortho nitro benzene ring substituents is 1.